The van der Waals surface area contributed by atoms with Crippen molar-refractivity contribution in [1.82, 2.24) is 20.0 Å². The summed E-state index contributed by atoms with van der Waals surface area (Å²) in [5, 5.41) is 6.33. The summed E-state index contributed by atoms with van der Waals surface area (Å²) in [6.07, 6.45) is 1.47. The zero-order valence-corrected chi connectivity index (χ0v) is 15.1. The van der Waals surface area contributed by atoms with Crippen molar-refractivity contribution in [3.63, 3.8) is 0 Å². The molecule has 0 aliphatic heterocycles. The quantitative estimate of drug-likeness (QED) is 0.685. The highest BCUT2D eigenvalue weighted by Gasteiger charge is 2.10. The average Bonchev–Trinajstić information content (AvgIpc) is 3.10. The van der Waals surface area contributed by atoms with Crippen molar-refractivity contribution in [3.05, 3.63) is 64.5 Å². The van der Waals surface area contributed by atoms with Crippen molar-refractivity contribution in [2.45, 2.75) is 20.4 Å². The van der Waals surface area contributed by atoms with Gasteiger partial charge in [0.2, 0.25) is 0 Å². The van der Waals surface area contributed by atoms with Crippen LogP contribution >= 0.6 is 0 Å². The van der Waals surface area contributed by atoms with Crippen LogP contribution in [0.3, 0.4) is 0 Å². The normalized spacial score (nSPS) is 10.6. The second-order valence-corrected chi connectivity index (χ2v) is 5.84. The number of carbonyl (C=O) groups is 1. The largest absolute Gasteiger partial charge is 0.494 e. The Morgan fingerprint density at radius 2 is 2.04 bits per heavy atom. The van der Waals surface area contributed by atoms with E-state index in [0.717, 1.165) is 11.3 Å². The molecule has 140 valence electrons. The van der Waals surface area contributed by atoms with Gasteiger partial charge in [-0.15, -0.1) is 0 Å². The standard InChI is InChI=1S/C19H20N4O4/c1-3-26-15-6-4-14(5-7-15)16-11-18(24)23(12-21-16)9-8-20-19(25)17-10-13(2)27-22-17/h4-7,10-12H,3,8-9H2,1-2H3,(H,20,25). The van der Waals surface area contributed by atoms with Gasteiger partial charge in [0, 0.05) is 30.8 Å². The summed E-state index contributed by atoms with van der Waals surface area (Å²) in [6.45, 7) is 4.80. The molecule has 0 fully saturated rings. The van der Waals surface area contributed by atoms with Gasteiger partial charge >= 0.3 is 0 Å². The zero-order chi connectivity index (χ0) is 19.2. The molecule has 8 nitrogen and oxygen atoms in total. The van der Waals surface area contributed by atoms with Gasteiger partial charge in [-0.1, -0.05) is 5.16 Å². The number of benzene rings is 1. The third kappa shape index (κ3) is 4.60. The first-order valence-electron chi connectivity index (χ1n) is 8.58. The molecular weight excluding hydrogens is 348 g/mol. The molecule has 1 N–H and O–H groups in total. The number of rotatable bonds is 7. The molecule has 0 saturated carbocycles. The van der Waals surface area contributed by atoms with Crippen molar-refractivity contribution < 1.29 is 14.1 Å². The smallest absolute Gasteiger partial charge is 0.273 e. The molecule has 0 saturated heterocycles. The van der Waals surface area contributed by atoms with Gasteiger partial charge in [0.15, 0.2) is 5.69 Å². The molecule has 0 aliphatic rings. The molecule has 27 heavy (non-hydrogen) atoms. The molecule has 0 bridgehead atoms. The monoisotopic (exact) mass is 368 g/mol. The number of nitrogens with one attached hydrogen (secondary N) is 1. The number of aryl methyl sites for hydroxylation is 1. The summed E-state index contributed by atoms with van der Waals surface area (Å²) < 4.78 is 11.7. The predicted molar refractivity (Wildman–Crippen MR) is 98.7 cm³/mol. The van der Waals surface area contributed by atoms with Crippen LogP contribution in [0.25, 0.3) is 11.3 Å². The second kappa shape index (κ2) is 8.31. The molecule has 0 aliphatic carbocycles. The lowest BCUT2D eigenvalue weighted by molar-refractivity contribution is 0.0943. The highest BCUT2D eigenvalue weighted by Crippen LogP contribution is 2.19. The average molecular weight is 368 g/mol. The van der Waals surface area contributed by atoms with E-state index in [4.69, 9.17) is 9.26 Å². The van der Waals surface area contributed by atoms with Crippen LogP contribution < -0.4 is 15.6 Å². The van der Waals surface area contributed by atoms with E-state index in [-0.39, 0.29) is 23.7 Å². The van der Waals surface area contributed by atoms with Crippen molar-refractivity contribution >= 4 is 5.91 Å². The number of carbonyl (C=O) groups excluding carboxylic acids is 1. The summed E-state index contributed by atoms with van der Waals surface area (Å²) in [5.74, 6) is 0.983. The van der Waals surface area contributed by atoms with Crippen molar-refractivity contribution in [2.75, 3.05) is 13.2 Å². The van der Waals surface area contributed by atoms with Gasteiger partial charge in [-0.25, -0.2) is 4.98 Å². The number of nitrogens with zero attached hydrogens (tertiary/aromatic N) is 3. The van der Waals surface area contributed by atoms with Crippen LogP contribution in [0.2, 0.25) is 0 Å². The molecule has 0 spiro atoms. The van der Waals surface area contributed by atoms with Gasteiger partial charge in [0.05, 0.1) is 18.6 Å². The van der Waals surface area contributed by atoms with E-state index >= 15 is 0 Å². The van der Waals surface area contributed by atoms with E-state index in [9.17, 15) is 9.59 Å². The third-order valence-electron chi connectivity index (χ3n) is 3.84. The van der Waals surface area contributed by atoms with E-state index in [1.807, 2.05) is 31.2 Å². The number of hydrogen-bond acceptors (Lipinski definition) is 6. The van der Waals surface area contributed by atoms with Crippen LogP contribution in [-0.2, 0) is 6.54 Å². The topological polar surface area (TPSA) is 99.2 Å². The molecule has 0 unspecified atom stereocenters. The first-order chi connectivity index (χ1) is 13.1. The van der Waals surface area contributed by atoms with E-state index in [1.165, 1.54) is 17.0 Å². The molecule has 1 amide bonds. The SMILES string of the molecule is CCOc1ccc(-c2cc(=O)n(CCNC(=O)c3cc(C)on3)cn2)cc1. The highest BCUT2D eigenvalue weighted by molar-refractivity contribution is 5.92. The van der Waals surface area contributed by atoms with Gasteiger partial charge in [-0.3, -0.25) is 14.2 Å². The van der Waals surface area contributed by atoms with Gasteiger partial charge in [0.1, 0.15) is 11.5 Å². The molecule has 3 rings (SSSR count). The van der Waals surface area contributed by atoms with Crippen LogP contribution in [0.5, 0.6) is 5.75 Å². The molecule has 2 aromatic heterocycles. The molecule has 0 atom stereocenters. The molecule has 1 aromatic carbocycles. The van der Waals surface area contributed by atoms with Gasteiger partial charge in [-0.05, 0) is 38.1 Å². The van der Waals surface area contributed by atoms with E-state index in [2.05, 4.69) is 15.5 Å². The van der Waals surface area contributed by atoms with Crippen LogP contribution in [-0.4, -0.2) is 33.8 Å². The minimum absolute atomic E-state index is 0.194. The molecule has 3 aromatic rings. The maximum absolute atomic E-state index is 12.3. The summed E-state index contributed by atoms with van der Waals surface area (Å²) in [7, 11) is 0. The van der Waals surface area contributed by atoms with Crippen LogP contribution in [0.15, 0.2) is 52.0 Å². The third-order valence-corrected chi connectivity index (χ3v) is 3.84. The van der Waals surface area contributed by atoms with Crippen molar-refractivity contribution in [2.24, 2.45) is 0 Å². The lowest BCUT2D eigenvalue weighted by Crippen LogP contribution is -2.31. The Morgan fingerprint density at radius 3 is 2.67 bits per heavy atom. The van der Waals surface area contributed by atoms with Crippen LogP contribution in [0, 0.1) is 6.92 Å². The van der Waals surface area contributed by atoms with E-state index < -0.39 is 0 Å². The summed E-state index contributed by atoms with van der Waals surface area (Å²) >= 11 is 0. The van der Waals surface area contributed by atoms with Gasteiger partial charge in [0.25, 0.3) is 11.5 Å². The first-order valence-corrected chi connectivity index (χ1v) is 8.58. The fraction of sp³-hybridized carbons (Fsp3) is 0.263. The molecular formula is C19H20N4O4. The lowest BCUT2D eigenvalue weighted by Gasteiger charge is -2.08. The molecule has 8 heteroatoms. The maximum atomic E-state index is 12.3. The first kappa shape index (κ1) is 18.4. The van der Waals surface area contributed by atoms with E-state index in [0.29, 0.717) is 24.6 Å². The molecule has 0 radical (unpaired) electrons. The number of aromatic nitrogens is 3. The Bertz CT molecular complexity index is 976. The fourth-order valence-electron chi connectivity index (χ4n) is 2.49. The summed E-state index contributed by atoms with van der Waals surface area (Å²) in [4.78, 5) is 28.5. The zero-order valence-electron chi connectivity index (χ0n) is 15.1. The Morgan fingerprint density at radius 1 is 1.26 bits per heavy atom. The minimum Gasteiger partial charge on any atom is -0.494 e. The fourth-order valence-corrected chi connectivity index (χ4v) is 2.49. The van der Waals surface area contributed by atoms with Crippen LogP contribution in [0.4, 0.5) is 0 Å². The Kier molecular flexibility index (Phi) is 5.65. The van der Waals surface area contributed by atoms with Crippen molar-refractivity contribution in [3.8, 4) is 17.0 Å². The van der Waals surface area contributed by atoms with Gasteiger partial charge in [-0.2, -0.15) is 0 Å². The van der Waals surface area contributed by atoms with Gasteiger partial charge < -0.3 is 14.6 Å². The number of hydrogen-bond donors (Lipinski definition) is 1. The lowest BCUT2D eigenvalue weighted by atomic mass is 10.1. The second-order valence-electron chi connectivity index (χ2n) is 5.84. The Balaban J connectivity index is 1.61. The summed E-state index contributed by atoms with van der Waals surface area (Å²) in [6, 6.07) is 10.4. The highest BCUT2D eigenvalue weighted by atomic mass is 16.5. The maximum Gasteiger partial charge on any atom is 0.273 e. The van der Waals surface area contributed by atoms with Crippen molar-refractivity contribution in [1.29, 1.82) is 0 Å². The predicted octanol–water partition coefficient (Wildman–Crippen LogP) is 2.04. The van der Waals surface area contributed by atoms with E-state index in [1.54, 1.807) is 13.0 Å². The Labute approximate surface area is 155 Å². The number of ether oxygens (including phenoxy) is 1. The summed E-state index contributed by atoms with van der Waals surface area (Å²) in [5.41, 5.74) is 1.43. The minimum atomic E-state index is -0.348. The number of amides is 1. The van der Waals surface area contributed by atoms with Crippen LogP contribution in [0.1, 0.15) is 23.2 Å². The Hall–Kier alpha value is -3.42. The molecule has 2 heterocycles.